The van der Waals surface area contributed by atoms with Gasteiger partial charge in [-0.3, -0.25) is 20.0 Å². The number of nitro groups is 1. The number of aromatic nitrogens is 2. The van der Waals surface area contributed by atoms with Crippen molar-refractivity contribution in [3.8, 4) is 11.4 Å². The Labute approximate surface area is 154 Å². The molecule has 0 radical (unpaired) electrons. The molecule has 1 heterocycles. The summed E-state index contributed by atoms with van der Waals surface area (Å²) in [6.07, 6.45) is 1.47. The van der Waals surface area contributed by atoms with E-state index in [0.29, 0.717) is 16.6 Å². The monoisotopic (exact) mass is 448 g/mol. The summed E-state index contributed by atoms with van der Waals surface area (Å²) >= 11 is 2.17. The fraction of sp³-hybridized carbons (Fsp3) is 0. The summed E-state index contributed by atoms with van der Waals surface area (Å²) in [6, 6.07) is 11.0. The van der Waals surface area contributed by atoms with E-state index in [1.807, 2.05) is 12.1 Å². The molecule has 1 N–H and O–H groups in total. The first-order valence-corrected chi connectivity index (χ1v) is 8.18. The van der Waals surface area contributed by atoms with Gasteiger partial charge in [-0.2, -0.15) is 0 Å². The highest BCUT2D eigenvalue weighted by Crippen LogP contribution is 2.23. The van der Waals surface area contributed by atoms with Gasteiger partial charge in [0.05, 0.1) is 21.2 Å². The largest absolute Gasteiger partial charge is 0.868 e. The van der Waals surface area contributed by atoms with Crippen LogP contribution in [0.5, 0.6) is 5.75 Å². The molecule has 0 saturated carbocycles. The van der Waals surface area contributed by atoms with Gasteiger partial charge >= 0.3 is 0 Å². The maximum atomic E-state index is 12.6. The number of nitrogens with zero attached hydrogens (tertiary/aromatic N) is 2. The van der Waals surface area contributed by atoms with E-state index in [4.69, 9.17) is 0 Å². The zero-order chi connectivity index (χ0) is 18.1. The number of hydrogen-bond donors (Lipinski definition) is 1. The van der Waals surface area contributed by atoms with Crippen LogP contribution in [-0.4, -0.2) is 14.7 Å². The summed E-state index contributed by atoms with van der Waals surface area (Å²) < 4.78 is 2.38. The highest BCUT2D eigenvalue weighted by Gasteiger charge is 2.08. The molecule has 1 aromatic heterocycles. The minimum absolute atomic E-state index is 0.270. The molecule has 7 nitrogen and oxygen atoms in total. The molecule has 8 heteroatoms. The Bertz CT molecular complexity index is 1130. The number of nitro benzene ring substituents is 1. The summed E-state index contributed by atoms with van der Waals surface area (Å²) in [4.78, 5) is 22.8. The van der Waals surface area contributed by atoms with E-state index in [-0.39, 0.29) is 10.8 Å². The Morgan fingerprint density at radius 2 is 1.88 bits per heavy atom. The summed E-state index contributed by atoms with van der Waals surface area (Å²) in [5.41, 5.74) is 0.158. The van der Waals surface area contributed by atoms with Crippen LogP contribution < -0.4 is 21.2 Å². The molecule has 0 atom stereocenters. The molecule has 2 aromatic carbocycles. The minimum Gasteiger partial charge on any atom is -0.868 e. The SMILES string of the molecule is C=c1[nH]n(-c2ccc(I)cc2)c(=O)/c1=C\c1ccc([O-])c([N+](=O)[O-])c1. The predicted octanol–water partition coefficient (Wildman–Crippen LogP) is 0.991. The van der Waals surface area contributed by atoms with Gasteiger partial charge in [0.2, 0.25) is 0 Å². The molecular formula is C17H11IN3O4-. The summed E-state index contributed by atoms with van der Waals surface area (Å²) in [7, 11) is 0. The lowest BCUT2D eigenvalue weighted by atomic mass is 10.1. The van der Waals surface area contributed by atoms with E-state index in [1.54, 1.807) is 12.1 Å². The summed E-state index contributed by atoms with van der Waals surface area (Å²) in [6.45, 7) is 3.81. The minimum atomic E-state index is -0.744. The van der Waals surface area contributed by atoms with E-state index in [2.05, 4.69) is 34.3 Å². The molecule has 0 spiro atoms. The molecule has 0 aliphatic rings. The third kappa shape index (κ3) is 3.33. The number of aromatic amines is 1. The molecular weight excluding hydrogens is 437 g/mol. The zero-order valence-corrected chi connectivity index (χ0v) is 14.9. The van der Waals surface area contributed by atoms with Crippen molar-refractivity contribution < 1.29 is 10.0 Å². The first-order valence-electron chi connectivity index (χ1n) is 7.10. The lowest BCUT2D eigenvalue weighted by molar-refractivity contribution is -0.398. The number of halogens is 1. The molecule has 0 saturated heterocycles. The number of H-pyrrole nitrogens is 1. The first-order chi connectivity index (χ1) is 11.9. The summed E-state index contributed by atoms with van der Waals surface area (Å²) in [5, 5.41) is 25.9. The Morgan fingerprint density at radius 1 is 1.20 bits per heavy atom. The van der Waals surface area contributed by atoms with Crippen molar-refractivity contribution in [1.29, 1.82) is 0 Å². The standard InChI is InChI=1S/C17H12IN3O4/c1-10-14(8-11-2-7-16(22)15(9-11)21(24)25)17(23)20(19-10)13-5-3-12(18)4-6-13/h2-9,19,22H,1H2/p-1/b14-8-. The van der Waals surface area contributed by atoms with Crippen LogP contribution >= 0.6 is 22.6 Å². The van der Waals surface area contributed by atoms with E-state index in [9.17, 15) is 20.0 Å². The van der Waals surface area contributed by atoms with Crippen molar-refractivity contribution in [3.05, 3.63) is 82.6 Å². The number of rotatable bonds is 3. The number of hydrogen-bond acceptors (Lipinski definition) is 4. The van der Waals surface area contributed by atoms with Gasteiger partial charge < -0.3 is 5.11 Å². The van der Waals surface area contributed by atoms with Gasteiger partial charge in [-0.15, -0.1) is 0 Å². The molecule has 0 fully saturated rings. The second-order valence-corrected chi connectivity index (χ2v) is 6.50. The maximum Gasteiger partial charge on any atom is 0.279 e. The van der Waals surface area contributed by atoms with Crippen molar-refractivity contribution in [1.82, 2.24) is 9.78 Å². The second-order valence-electron chi connectivity index (χ2n) is 5.25. The van der Waals surface area contributed by atoms with Crippen molar-refractivity contribution in [3.63, 3.8) is 0 Å². The van der Waals surface area contributed by atoms with Crippen LogP contribution in [0.3, 0.4) is 0 Å². The van der Waals surface area contributed by atoms with E-state index in [0.717, 1.165) is 15.7 Å². The molecule has 0 unspecified atom stereocenters. The quantitative estimate of drug-likeness (QED) is 0.367. The molecule has 25 heavy (non-hydrogen) atoms. The fourth-order valence-corrected chi connectivity index (χ4v) is 2.71. The van der Waals surface area contributed by atoms with Gasteiger partial charge in [0.25, 0.3) is 11.2 Å². The topological polar surface area (TPSA) is 104 Å². The van der Waals surface area contributed by atoms with E-state index >= 15 is 0 Å². The van der Waals surface area contributed by atoms with Gasteiger partial charge in [-0.05, 0) is 64.2 Å². The number of benzene rings is 2. The van der Waals surface area contributed by atoms with E-state index in [1.165, 1.54) is 16.8 Å². The average Bonchev–Trinajstić information content (AvgIpc) is 2.85. The number of nitrogens with one attached hydrogen (secondary N) is 1. The highest BCUT2D eigenvalue weighted by atomic mass is 127. The summed E-state index contributed by atoms with van der Waals surface area (Å²) in [5.74, 6) is -0.678. The molecule has 0 bridgehead atoms. The Hall–Kier alpha value is -2.88. The molecule has 0 amide bonds. The van der Waals surface area contributed by atoms with Crippen LogP contribution in [0, 0.1) is 13.7 Å². The zero-order valence-electron chi connectivity index (χ0n) is 12.7. The molecule has 126 valence electrons. The van der Waals surface area contributed by atoms with Gasteiger partial charge in [0.1, 0.15) is 0 Å². The molecule has 0 aliphatic heterocycles. The third-order valence-electron chi connectivity index (χ3n) is 3.58. The van der Waals surface area contributed by atoms with Crippen LogP contribution in [0.25, 0.3) is 18.3 Å². The molecule has 3 rings (SSSR count). The normalized spacial score (nSPS) is 11.6. The van der Waals surface area contributed by atoms with Crippen molar-refractivity contribution >= 4 is 40.9 Å². The average molecular weight is 448 g/mol. The molecule has 0 aliphatic carbocycles. The highest BCUT2D eigenvalue weighted by molar-refractivity contribution is 14.1. The third-order valence-corrected chi connectivity index (χ3v) is 4.30. The van der Waals surface area contributed by atoms with Crippen molar-refractivity contribution in [2.24, 2.45) is 0 Å². The van der Waals surface area contributed by atoms with Crippen LogP contribution in [0.15, 0.2) is 47.3 Å². The predicted molar refractivity (Wildman–Crippen MR) is 100.0 cm³/mol. The van der Waals surface area contributed by atoms with Crippen LogP contribution in [-0.2, 0) is 0 Å². The lowest BCUT2D eigenvalue weighted by Crippen LogP contribution is -2.33. The maximum absolute atomic E-state index is 12.6. The Morgan fingerprint density at radius 3 is 2.52 bits per heavy atom. The Kier molecular flexibility index (Phi) is 4.45. The Balaban J connectivity index is 2.16. The van der Waals surface area contributed by atoms with Crippen molar-refractivity contribution in [2.45, 2.75) is 0 Å². The first kappa shape index (κ1) is 17.0. The van der Waals surface area contributed by atoms with Crippen LogP contribution in [0.4, 0.5) is 5.69 Å². The van der Waals surface area contributed by atoms with Crippen LogP contribution in [0.1, 0.15) is 5.56 Å². The van der Waals surface area contributed by atoms with E-state index < -0.39 is 16.4 Å². The van der Waals surface area contributed by atoms with Gasteiger partial charge in [0, 0.05) is 9.64 Å². The van der Waals surface area contributed by atoms with Crippen LogP contribution in [0.2, 0.25) is 0 Å². The fourth-order valence-electron chi connectivity index (χ4n) is 2.35. The lowest BCUT2D eigenvalue weighted by Gasteiger charge is -2.05. The molecule has 3 aromatic rings. The second kappa shape index (κ2) is 6.55. The smallest absolute Gasteiger partial charge is 0.279 e. The van der Waals surface area contributed by atoms with Gasteiger partial charge in [-0.25, -0.2) is 4.68 Å². The van der Waals surface area contributed by atoms with Crippen molar-refractivity contribution in [2.75, 3.05) is 0 Å². The van der Waals surface area contributed by atoms with Gasteiger partial charge in [0.15, 0.2) is 0 Å². The van der Waals surface area contributed by atoms with Gasteiger partial charge in [-0.1, -0.05) is 18.7 Å².